The third-order valence-electron chi connectivity index (χ3n) is 5.63. The highest BCUT2D eigenvalue weighted by Gasteiger charge is 2.28. The minimum absolute atomic E-state index is 0.0407. The first kappa shape index (κ1) is 30.1. The van der Waals surface area contributed by atoms with Gasteiger partial charge in [0.15, 0.2) is 0 Å². The fourth-order valence-electron chi connectivity index (χ4n) is 3.47. The van der Waals surface area contributed by atoms with Gasteiger partial charge >= 0.3 is 5.97 Å². The van der Waals surface area contributed by atoms with Gasteiger partial charge in [0.2, 0.25) is 11.8 Å². The molecule has 0 aromatic heterocycles. The number of aliphatic hydroxyl groups excluding tert-OH is 2. The molecule has 206 valence electrons. The van der Waals surface area contributed by atoms with Gasteiger partial charge in [-0.1, -0.05) is 12.1 Å². The van der Waals surface area contributed by atoms with Crippen LogP contribution in [0.3, 0.4) is 0 Å². The van der Waals surface area contributed by atoms with Crippen LogP contribution >= 0.6 is 0 Å². The fourth-order valence-corrected chi connectivity index (χ4v) is 3.47. The van der Waals surface area contributed by atoms with Crippen LogP contribution in [0.2, 0.25) is 0 Å². The van der Waals surface area contributed by atoms with Gasteiger partial charge in [-0.25, -0.2) is 0 Å². The van der Waals surface area contributed by atoms with Gasteiger partial charge in [-0.3, -0.25) is 19.2 Å². The Morgan fingerprint density at radius 3 is 2.11 bits per heavy atom. The lowest BCUT2D eigenvalue weighted by Crippen LogP contribution is -2.55. The number of hydrogen-bond acceptors (Lipinski definition) is 9. The number of phenolic OH excluding ortho intramolecular Hbond substituents is 1. The number of nitrogens with one attached hydrogen (secondary N) is 3. The van der Waals surface area contributed by atoms with E-state index >= 15 is 0 Å². The zero-order valence-electron chi connectivity index (χ0n) is 21.3. The van der Waals surface area contributed by atoms with Gasteiger partial charge in [-0.15, -0.1) is 0 Å². The van der Waals surface area contributed by atoms with Gasteiger partial charge in [0.05, 0.1) is 45.4 Å². The number of carbonyl (C=O) groups is 4. The largest absolute Gasteiger partial charge is 0.508 e. The highest BCUT2D eigenvalue weighted by atomic mass is 16.5. The summed E-state index contributed by atoms with van der Waals surface area (Å²) in [5, 5.41) is 37.4. The maximum atomic E-state index is 12.7. The third-order valence-corrected chi connectivity index (χ3v) is 5.63. The van der Waals surface area contributed by atoms with Crippen molar-refractivity contribution in [2.45, 2.75) is 44.1 Å². The molecule has 3 amide bonds. The minimum atomic E-state index is -1.35. The molecule has 0 aliphatic carbocycles. The molecule has 0 saturated heterocycles. The number of amides is 3. The van der Waals surface area contributed by atoms with Crippen LogP contribution in [0.5, 0.6) is 11.5 Å². The van der Waals surface area contributed by atoms with E-state index in [0.717, 1.165) is 0 Å². The Morgan fingerprint density at radius 2 is 1.55 bits per heavy atom. The molecule has 0 unspecified atom stereocenters. The first-order valence-corrected chi connectivity index (χ1v) is 11.8. The van der Waals surface area contributed by atoms with Crippen LogP contribution in [-0.4, -0.2) is 84.1 Å². The molecular weight excluding hydrogens is 498 g/mol. The van der Waals surface area contributed by atoms with Gasteiger partial charge in [0, 0.05) is 5.56 Å². The van der Waals surface area contributed by atoms with Crippen LogP contribution in [0.1, 0.15) is 29.3 Å². The fraction of sp³-hybridized carbons (Fsp3) is 0.385. The van der Waals surface area contributed by atoms with E-state index < -0.39 is 54.5 Å². The van der Waals surface area contributed by atoms with E-state index in [1.807, 2.05) is 0 Å². The summed E-state index contributed by atoms with van der Waals surface area (Å²) in [7, 11) is 2.65. The van der Waals surface area contributed by atoms with E-state index in [1.54, 1.807) is 24.3 Å². The van der Waals surface area contributed by atoms with Crippen molar-refractivity contribution in [2.24, 2.45) is 0 Å². The van der Waals surface area contributed by atoms with Gasteiger partial charge in [-0.05, 0) is 55.3 Å². The summed E-state index contributed by atoms with van der Waals surface area (Å²) in [6.07, 6.45) is -2.84. The number of aliphatic hydroxyl groups is 2. The predicted octanol–water partition coefficient (Wildman–Crippen LogP) is -0.352. The monoisotopic (exact) mass is 531 g/mol. The highest BCUT2D eigenvalue weighted by molar-refractivity contribution is 5.98. The van der Waals surface area contributed by atoms with Crippen molar-refractivity contribution in [1.82, 2.24) is 16.0 Å². The molecule has 0 radical (unpaired) electrons. The maximum absolute atomic E-state index is 12.7. The lowest BCUT2D eigenvalue weighted by atomic mass is 9.99. The molecule has 2 aromatic rings. The van der Waals surface area contributed by atoms with E-state index in [4.69, 9.17) is 4.74 Å². The zero-order valence-corrected chi connectivity index (χ0v) is 21.3. The zero-order chi connectivity index (χ0) is 28.2. The van der Waals surface area contributed by atoms with Crippen molar-refractivity contribution < 1.29 is 44.0 Å². The Balaban J connectivity index is 2.01. The molecule has 0 heterocycles. The van der Waals surface area contributed by atoms with Crippen molar-refractivity contribution in [1.29, 1.82) is 0 Å². The number of aromatic hydroxyl groups is 1. The van der Waals surface area contributed by atoms with E-state index in [1.165, 1.54) is 45.4 Å². The topological polar surface area (TPSA) is 184 Å². The molecule has 0 spiro atoms. The molecule has 12 nitrogen and oxygen atoms in total. The summed E-state index contributed by atoms with van der Waals surface area (Å²) in [4.78, 5) is 49.4. The van der Waals surface area contributed by atoms with E-state index in [9.17, 15) is 34.5 Å². The quantitative estimate of drug-likeness (QED) is 0.188. The third kappa shape index (κ3) is 9.37. The van der Waals surface area contributed by atoms with Gasteiger partial charge in [0.1, 0.15) is 17.5 Å². The van der Waals surface area contributed by atoms with E-state index in [0.29, 0.717) is 11.3 Å². The number of methoxy groups -OCH3 is 2. The lowest BCUT2D eigenvalue weighted by molar-refractivity contribution is -0.143. The van der Waals surface area contributed by atoms with Crippen molar-refractivity contribution >= 4 is 23.7 Å². The molecule has 0 bridgehead atoms. The second-order valence-corrected chi connectivity index (χ2v) is 8.53. The molecule has 4 atom stereocenters. The lowest BCUT2D eigenvalue weighted by Gasteiger charge is -2.25. The van der Waals surface area contributed by atoms with E-state index in [2.05, 4.69) is 20.7 Å². The molecule has 38 heavy (non-hydrogen) atoms. The Labute approximate surface area is 220 Å². The molecule has 2 rings (SSSR count). The van der Waals surface area contributed by atoms with Gasteiger partial charge in [0.25, 0.3) is 5.91 Å². The number of rotatable bonds is 13. The Morgan fingerprint density at radius 1 is 0.921 bits per heavy atom. The van der Waals surface area contributed by atoms with Gasteiger partial charge in [-0.2, -0.15) is 0 Å². The summed E-state index contributed by atoms with van der Waals surface area (Å²) < 4.78 is 9.62. The molecule has 0 aliphatic heterocycles. The molecular formula is C26H33N3O9. The number of hydrogen-bond donors (Lipinski definition) is 6. The van der Waals surface area contributed by atoms with Crippen LogP contribution in [0.4, 0.5) is 0 Å². The summed E-state index contributed by atoms with van der Waals surface area (Å²) in [5.74, 6) is -2.20. The number of phenols is 1. The van der Waals surface area contributed by atoms with Crippen molar-refractivity contribution in [2.75, 3.05) is 20.8 Å². The molecule has 0 fully saturated rings. The molecule has 6 N–H and O–H groups in total. The Hall–Kier alpha value is -4.16. The number of benzene rings is 2. The SMILES string of the molecule is COC(=O)C[C@H](O)[C@H](Cc1ccc(O)cc1)NC(=O)CNC(=O)[C@@H](NC(=O)c1ccc(OC)cc1)[C@@H](C)O. The summed E-state index contributed by atoms with van der Waals surface area (Å²) in [5.41, 5.74) is 0.898. The Bertz CT molecular complexity index is 1090. The first-order valence-electron chi connectivity index (χ1n) is 11.8. The maximum Gasteiger partial charge on any atom is 0.308 e. The second-order valence-electron chi connectivity index (χ2n) is 8.53. The van der Waals surface area contributed by atoms with E-state index in [-0.39, 0.29) is 24.2 Å². The second kappa shape index (κ2) is 14.5. The van der Waals surface area contributed by atoms with Crippen molar-refractivity contribution in [3.63, 3.8) is 0 Å². The predicted molar refractivity (Wildman–Crippen MR) is 135 cm³/mol. The van der Waals surface area contributed by atoms with Crippen LogP contribution < -0.4 is 20.7 Å². The highest BCUT2D eigenvalue weighted by Crippen LogP contribution is 2.14. The summed E-state index contributed by atoms with van der Waals surface area (Å²) >= 11 is 0. The normalized spacial score (nSPS) is 13.8. The van der Waals surface area contributed by atoms with Crippen LogP contribution in [0.15, 0.2) is 48.5 Å². The summed E-state index contributed by atoms with van der Waals surface area (Å²) in [6.45, 7) is 0.785. The van der Waals surface area contributed by atoms with Gasteiger partial charge < -0.3 is 40.7 Å². The summed E-state index contributed by atoms with van der Waals surface area (Å²) in [6, 6.07) is 9.92. The van der Waals surface area contributed by atoms with Crippen molar-refractivity contribution in [3.8, 4) is 11.5 Å². The molecule has 0 aliphatic rings. The minimum Gasteiger partial charge on any atom is -0.508 e. The number of carbonyl (C=O) groups excluding carboxylic acids is 4. The van der Waals surface area contributed by atoms with Crippen LogP contribution in [0.25, 0.3) is 0 Å². The molecule has 2 aromatic carbocycles. The smallest absolute Gasteiger partial charge is 0.308 e. The van der Waals surface area contributed by atoms with Crippen LogP contribution in [-0.2, 0) is 25.5 Å². The molecule has 12 heteroatoms. The number of esters is 1. The first-order chi connectivity index (χ1) is 18.0. The standard InChI is InChI=1S/C26H33N3O9/c1-15(30)24(29-25(35)17-6-10-19(37-2)11-7-17)26(36)27-14-22(33)28-20(21(32)13-23(34)38-3)12-16-4-8-18(31)9-5-16/h4-11,15,20-21,24,30-32H,12-14H2,1-3H3,(H,27,36)(H,28,33)(H,29,35)/t15-,20+,21+,24+/m1/s1. The van der Waals surface area contributed by atoms with Crippen molar-refractivity contribution in [3.05, 3.63) is 59.7 Å². The number of ether oxygens (including phenoxy) is 2. The molecule has 0 saturated carbocycles. The average Bonchev–Trinajstić information content (AvgIpc) is 2.90. The average molecular weight is 532 g/mol. The van der Waals surface area contributed by atoms with Crippen LogP contribution in [0, 0.1) is 0 Å². The Kier molecular flexibility index (Phi) is 11.5.